The van der Waals surface area contributed by atoms with Crippen LogP contribution in [0.4, 0.5) is 0 Å². The molecule has 0 atom stereocenters. The number of likely N-dealkylation sites (N-methyl/N-ethyl adjacent to an activating group) is 1. The van der Waals surface area contributed by atoms with Gasteiger partial charge in [0.05, 0.1) is 0 Å². The van der Waals surface area contributed by atoms with Gasteiger partial charge in [0, 0.05) is 6.54 Å². The second-order valence-corrected chi connectivity index (χ2v) is 1.99. The topological polar surface area (TPSA) is 29.5 Å². The summed E-state index contributed by atoms with van der Waals surface area (Å²) < 4.78 is 4.55. The molecule has 0 saturated carbocycles. The first kappa shape index (κ1) is 9.43. The summed E-state index contributed by atoms with van der Waals surface area (Å²) in [6.07, 6.45) is 0. The van der Waals surface area contributed by atoms with Gasteiger partial charge in [0.2, 0.25) is 0 Å². The van der Waals surface area contributed by atoms with E-state index in [0.717, 1.165) is 19.6 Å². The van der Waals surface area contributed by atoms with Crippen molar-refractivity contribution in [3.05, 3.63) is 0 Å². The third kappa shape index (κ3) is 4.32. The first-order chi connectivity index (χ1) is 4.85. The molecule has 0 aromatic rings. The van der Waals surface area contributed by atoms with Gasteiger partial charge in [0.15, 0.2) is 0 Å². The summed E-state index contributed by atoms with van der Waals surface area (Å²) in [4.78, 5) is 11.9. The van der Waals surface area contributed by atoms with Crippen LogP contribution in [-0.2, 0) is 9.53 Å². The highest BCUT2D eigenvalue weighted by Crippen LogP contribution is 1.84. The highest BCUT2D eigenvalue weighted by molar-refractivity contribution is 5.36. The Bertz CT molecular complexity index is 81.7. The van der Waals surface area contributed by atoms with Crippen molar-refractivity contribution in [3.8, 4) is 0 Å². The molecule has 0 aliphatic rings. The van der Waals surface area contributed by atoms with Crippen molar-refractivity contribution < 1.29 is 9.53 Å². The minimum Gasteiger partial charge on any atom is -0.467 e. The van der Waals surface area contributed by atoms with E-state index in [-0.39, 0.29) is 0 Å². The molecule has 0 amide bonds. The Hall–Kier alpha value is -0.570. The molecule has 60 valence electrons. The highest BCUT2D eigenvalue weighted by atomic mass is 16.5. The quantitative estimate of drug-likeness (QED) is 0.402. The van der Waals surface area contributed by atoms with Crippen molar-refractivity contribution in [2.45, 2.75) is 13.8 Å². The average Bonchev–Trinajstić information content (AvgIpc) is 1.99. The Morgan fingerprint density at radius 2 is 2.00 bits per heavy atom. The third-order valence-corrected chi connectivity index (χ3v) is 1.49. The number of carbonyl (C=O) groups excluding carboxylic acids is 1. The average molecular weight is 145 g/mol. The Morgan fingerprint density at radius 1 is 1.40 bits per heavy atom. The Balaban J connectivity index is 3.16. The molecule has 0 aliphatic heterocycles. The fourth-order valence-corrected chi connectivity index (χ4v) is 0.770. The van der Waals surface area contributed by atoms with Gasteiger partial charge in [-0.2, -0.15) is 0 Å². The molecule has 0 radical (unpaired) electrons. The van der Waals surface area contributed by atoms with Gasteiger partial charge in [-0.1, -0.05) is 13.8 Å². The molecule has 0 unspecified atom stereocenters. The number of hydrogen-bond acceptors (Lipinski definition) is 3. The normalized spacial score (nSPS) is 9.90. The Labute approximate surface area is 62.0 Å². The molecule has 0 aromatic carbocycles. The molecular formula is C7H15NO2. The summed E-state index contributed by atoms with van der Waals surface area (Å²) in [6.45, 7) is 8.03. The molecule has 3 nitrogen and oxygen atoms in total. The SMILES string of the molecule is CCN(CC)CCOC=O. The van der Waals surface area contributed by atoms with Crippen LogP contribution in [0.3, 0.4) is 0 Å². The van der Waals surface area contributed by atoms with E-state index in [9.17, 15) is 4.79 Å². The summed E-state index contributed by atoms with van der Waals surface area (Å²) in [7, 11) is 0. The monoisotopic (exact) mass is 145 g/mol. The second kappa shape index (κ2) is 6.55. The van der Waals surface area contributed by atoms with Gasteiger partial charge >= 0.3 is 0 Å². The fourth-order valence-electron chi connectivity index (χ4n) is 0.770. The molecule has 3 heteroatoms. The first-order valence-corrected chi connectivity index (χ1v) is 3.62. The van der Waals surface area contributed by atoms with E-state index in [0.29, 0.717) is 13.1 Å². The number of hydrogen-bond donors (Lipinski definition) is 0. The summed E-state index contributed by atoms with van der Waals surface area (Å²) >= 11 is 0. The van der Waals surface area contributed by atoms with E-state index in [4.69, 9.17) is 0 Å². The zero-order chi connectivity index (χ0) is 7.82. The number of ether oxygens (including phenoxy) is 1. The molecule has 0 heterocycles. The number of nitrogens with zero attached hydrogens (tertiary/aromatic N) is 1. The molecule has 0 spiro atoms. The highest BCUT2D eigenvalue weighted by Gasteiger charge is 1.96. The second-order valence-electron chi connectivity index (χ2n) is 1.99. The molecule has 0 fully saturated rings. The minimum absolute atomic E-state index is 0.490. The molecule has 0 aromatic heterocycles. The van der Waals surface area contributed by atoms with Crippen LogP contribution in [0, 0.1) is 0 Å². The van der Waals surface area contributed by atoms with E-state index in [2.05, 4.69) is 23.5 Å². The zero-order valence-electron chi connectivity index (χ0n) is 6.67. The predicted molar refractivity (Wildman–Crippen MR) is 39.8 cm³/mol. The molecular weight excluding hydrogens is 130 g/mol. The van der Waals surface area contributed by atoms with E-state index in [1.807, 2.05) is 0 Å². The maximum Gasteiger partial charge on any atom is 0.293 e. The van der Waals surface area contributed by atoms with Crippen LogP contribution >= 0.6 is 0 Å². The van der Waals surface area contributed by atoms with Crippen molar-refractivity contribution in [2.24, 2.45) is 0 Å². The van der Waals surface area contributed by atoms with Crippen molar-refractivity contribution in [1.82, 2.24) is 4.90 Å². The van der Waals surface area contributed by atoms with Gasteiger partial charge in [-0.15, -0.1) is 0 Å². The van der Waals surface area contributed by atoms with Crippen molar-refractivity contribution in [3.63, 3.8) is 0 Å². The van der Waals surface area contributed by atoms with Gasteiger partial charge in [-0.25, -0.2) is 0 Å². The van der Waals surface area contributed by atoms with Crippen LogP contribution in [0.1, 0.15) is 13.8 Å². The maximum absolute atomic E-state index is 9.72. The summed E-state index contributed by atoms with van der Waals surface area (Å²) in [5, 5.41) is 0. The van der Waals surface area contributed by atoms with Gasteiger partial charge in [0.25, 0.3) is 6.47 Å². The van der Waals surface area contributed by atoms with E-state index < -0.39 is 0 Å². The van der Waals surface area contributed by atoms with Crippen LogP contribution in [0.2, 0.25) is 0 Å². The molecule has 0 rings (SSSR count). The lowest BCUT2D eigenvalue weighted by Crippen LogP contribution is -2.26. The molecule has 10 heavy (non-hydrogen) atoms. The first-order valence-electron chi connectivity index (χ1n) is 3.62. The minimum atomic E-state index is 0.490. The predicted octanol–water partition coefficient (Wildman–Crippen LogP) is 0.501. The van der Waals surface area contributed by atoms with Gasteiger partial charge < -0.3 is 9.64 Å². The van der Waals surface area contributed by atoms with Crippen LogP contribution < -0.4 is 0 Å². The van der Waals surface area contributed by atoms with Gasteiger partial charge in [-0.05, 0) is 13.1 Å². The Morgan fingerprint density at radius 3 is 2.40 bits per heavy atom. The molecule has 0 N–H and O–H groups in total. The van der Waals surface area contributed by atoms with Gasteiger partial charge in [-0.3, -0.25) is 4.79 Å². The number of rotatable bonds is 6. The van der Waals surface area contributed by atoms with E-state index >= 15 is 0 Å². The summed E-state index contributed by atoms with van der Waals surface area (Å²) in [6, 6.07) is 0. The molecule has 0 saturated heterocycles. The van der Waals surface area contributed by atoms with E-state index in [1.54, 1.807) is 0 Å². The lowest BCUT2D eigenvalue weighted by molar-refractivity contribution is -0.129. The third-order valence-electron chi connectivity index (χ3n) is 1.49. The fraction of sp³-hybridized carbons (Fsp3) is 0.857. The van der Waals surface area contributed by atoms with Crippen molar-refractivity contribution in [1.29, 1.82) is 0 Å². The molecule has 0 aliphatic carbocycles. The number of carbonyl (C=O) groups is 1. The lowest BCUT2D eigenvalue weighted by atomic mass is 10.5. The Kier molecular flexibility index (Phi) is 6.18. The van der Waals surface area contributed by atoms with Crippen LogP contribution in [-0.4, -0.2) is 37.6 Å². The molecule has 0 bridgehead atoms. The van der Waals surface area contributed by atoms with Crippen molar-refractivity contribution in [2.75, 3.05) is 26.2 Å². The standard InChI is InChI=1S/C7H15NO2/c1-3-8(4-2)5-6-10-7-9/h7H,3-6H2,1-2H3. The maximum atomic E-state index is 9.72. The van der Waals surface area contributed by atoms with Crippen molar-refractivity contribution >= 4 is 6.47 Å². The largest absolute Gasteiger partial charge is 0.467 e. The van der Waals surface area contributed by atoms with E-state index in [1.165, 1.54) is 0 Å². The van der Waals surface area contributed by atoms with Crippen LogP contribution in [0.5, 0.6) is 0 Å². The zero-order valence-corrected chi connectivity index (χ0v) is 6.67. The summed E-state index contributed by atoms with van der Waals surface area (Å²) in [5.41, 5.74) is 0. The van der Waals surface area contributed by atoms with Crippen LogP contribution in [0.15, 0.2) is 0 Å². The van der Waals surface area contributed by atoms with Crippen LogP contribution in [0.25, 0.3) is 0 Å². The lowest BCUT2D eigenvalue weighted by Gasteiger charge is -2.16. The van der Waals surface area contributed by atoms with Gasteiger partial charge in [0.1, 0.15) is 6.61 Å². The summed E-state index contributed by atoms with van der Waals surface area (Å²) in [5.74, 6) is 0. The smallest absolute Gasteiger partial charge is 0.293 e.